The van der Waals surface area contributed by atoms with Crippen molar-refractivity contribution in [3.05, 3.63) is 77.6 Å². The van der Waals surface area contributed by atoms with Crippen LogP contribution < -0.4 is 0 Å². The van der Waals surface area contributed by atoms with Crippen LogP contribution in [-0.4, -0.2) is 29.9 Å². The first kappa shape index (κ1) is 18.3. The molecular formula is C21H21FN2OS. The first-order valence-electron chi connectivity index (χ1n) is 8.33. The quantitative estimate of drug-likeness (QED) is 0.609. The highest BCUT2D eigenvalue weighted by molar-refractivity contribution is 7.18. The summed E-state index contributed by atoms with van der Waals surface area (Å²) in [5.41, 5.74) is 0.346. The topological polar surface area (TPSA) is 33.2 Å². The minimum atomic E-state index is -0.930. The Bertz CT molecular complexity index is 932. The fourth-order valence-electron chi connectivity index (χ4n) is 3.17. The molecule has 0 aliphatic carbocycles. The Morgan fingerprint density at radius 2 is 1.88 bits per heavy atom. The summed E-state index contributed by atoms with van der Waals surface area (Å²) in [5, 5.41) is 0.663. The Balaban J connectivity index is 2.24. The number of allylic oxidation sites excluding steroid dienone is 1. The minimum absolute atomic E-state index is 0.130. The molecule has 1 amide bonds. The molecule has 0 spiro atoms. The van der Waals surface area contributed by atoms with Gasteiger partial charge >= 0.3 is 0 Å². The van der Waals surface area contributed by atoms with Crippen LogP contribution in [0.25, 0.3) is 10.2 Å². The van der Waals surface area contributed by atoms with Gasteiger partial charge in [-0.3, -0.25) is 4.79 Å². The van der Waals surface area contributed by atoms with E-state index < -0.39 is 11.3 Å². The second kappa shape index (κ2) is 7.00. The van der Waals surface area contributed by atoms with Crippen LogP contribution in [0.3, 0.4) is 0 Å². The minimum Gasteiger partial charge on any atom is -0.348 e. The Morgan fingerprint density at radius 3 is 2.50 bits per heavy atom. The summed E-state index contributed by atoms with van der Waals surface area (Å²) >= 11 is 1.47. The molecule has 1 heterocycles. The van der Waals surface area contributed by atoms with Crippen LogP contribution in [0.15, 0.2) is 61.2 Å². The molecule has 0 bridgehead atoms. The van der Waals surface area contributed by atoms with Crippen LogP contribution in [0.1, 0.15) is 23.4 Å². The van der Waals surface area contributed by atoms with Crippen molar-refractivity contribution >= 4 is 27.5 Å². The number of hydrogen-bond acceptors (Lipinski definition) is 3. The number of halogens is 1. The van der Waals surface area contributed by atoms with Crippen molar-refractivity contribution in [3.63, 3.8) is 0 Å². The van der Waals surface area contributed by atoms with E-state index in [1.165, 1.54) is 22.3 Å². The third kappa shape index (κ3) is 3.03. The number of thiazole rings is 1. The van der Waals surface area contributed by atoms with Crippen molar-refractivity contribution in [1.82, 2.24) is 9.88 Å². The molecule has 2 aromatic carbocycles. The summed E-state index contributed by atoms with van der Waals surface area (Å²) in [6, 6.07) is 14.3. The number of benzene rings is 2. The maximum absolute atomic E-state index is 14.6. The van der Waals surface area contributed by atoms with Crippen LogP contribution in [0, 0.1) is 5.82 Å². The molecule has 3 rings (SSSR count). The molecule has 3 nitrogen and oxygen atoms in total. The second-order valence-electron chi connectivity index (χ2n) is 6.65. The molecule has 0 fully saturated rings. The van der Waals surface area contributed by atoms with Gasteiger partial charge in [0.25, 0.3) is 0 Å². The van der Waals surface area contributed by atoms with E-state index in [1.54, 1.807) is 38.4 Å². The van der Waals surface area contributed by atoms with Crippen LogP contribution in [0.2, 0.25) is 0 Å². The van der Waals surface area contributed by atoms with E-state index in [9.17, 15) is 9.18 Å². The molecule has 26 heavy (non-hydrogen) atoms. The van der Waals surface area contributed by atoms with Gasteiger partial charge in [-0.25, -0.2) is 9.37 Å². The molecule has 134 valence electrons. The third-order valence-electron chi connectivity index (χ3n) is 4.72. The lowest BCUT2D eigenvalue weighted by molar-refractivity contribution is -0.131. The van der Waals surface area contributed by atoms with Crippen molar-refractivity contribution in [2.75, 3.05) is 14.1 Å². The fourth-order valence-corrected chi connectivity index (χ4v) is 4.37. The van der Waals surface area contributed by atoms with Gasteiger partial charge in [-0.1, -0.05) is 43.3 Å². The molecule has 0 N–H and O–H groups in total. The number of hydrogen-bond donors (Lipinski definition) is 0. The number of likely N-dealkylation sites (N-methyl/N-ethyl adjacent to an activating group) is 1. The van der Waals surface area contributed by atoms with E-state index in [-0.39, 0.29) is 11.7 Å². The van der Waals surface area contributed by atoms with Crippen LogP contribution >= 0.6 is 11.3 Å². The second-order valence-corrected chi connectivity index (χ2v) is 7.71. The number of rotatable bonds is 5. The molecule has 0 saturated carbocycles. The molecule has 0 aliphatic heterocycles. The monoisotopic (exact) mass is 368 g/mol. The van der Waals surface area contributed by atoms with Crippen molar-refractivity contribution in [2.24, 2.45) is 0 Å². The zero-order valence-electron chi connectivity index (χ0n) is 15.1. The van der Waals surface area contributed by atoms with Crippen molar-refractivity contribution in [1.29, 1.82) is 0 Å². The highest BCUT2D eigenvalue weighted by atomic mass is 32.1. The standard InChI is InChI=1S/C21H21FN2OS/c1-5-21(2,14-10-6-7-11-15(14)22)18(20(25)24(3)4)19-23-16-12-8-9-13-17(16)26-19/h5-13,18H,1H2,2-4H3/t18-,21+/m1/s1. The smallest absolute Gasteiger partial charge is 0.233 e. The van der Waals surface area contributed by atoms with Crippen LogP contribution in [0.4, 0.5) is 4.39 Å². The van der Waals surface area contributed by atoms with E-state index in [0.29, 0.717) is 10.6 Å². The molecule has 0 unspecified atom stereocenters. The van der Waals surface area contributed by atoms with Gasteiger partial charge in [0.15, 0.2) is 0 Å². The fraction of sp³-hybridized carbons (Fsp3) is 0.238. The number of aromatic nitrogens is 1. The normalized spacial score (nSPS) is 14.6. The Hall–Kier alpha value is -2.53. The van der Waals surface area contributed by atoms with Gasteiger partial charge in [-0.15, -0.1) is 17.9 Å². The van der Waals surface area contributed by atoms with Gasteiger partial charge in [0.1, 0.15) is 16.7 Å². The molecule has 0 radical (unpaired) electrons. The molecule has 5 heteroatoms. The maximum Gasteiger partial charge on any atom is 0.233 e. The van der Waals surface area contributed by atoms with Crippen LogP contribution in [-0.2, 0) is 10.2 Å². The van der Waals surface area contributed by atoms with Gasteiger partial charge < -0.3 is 4.90 Å². The predicted octanol–water partition coefficient (Wildman–Crippen LogP) is 4.75. The molecule has 1 aromatic heterocycles. The number of para-hydroxylation sites is 1. The number of fused-ring (bicyclic) bond motifs is 1. The first-order chi connectivity index (χ1) is 12.4. The van der Waals surface area contributed by atoms with Crippen molar-refractivity contribution in [2.45, 2.75) is 18.3 Å². The van der Waals surface area contributed by atoms with E-state index in [2.05, 4.69) is 11.6 Å². The Kier molecular flexibility index (Phi) is 4.92. The average Bonchev–Trinajstić information content (AvgIpc) is 3.05. The molecular weight excluding hydrogens is 347 g/mol. The largest absolute Gasteiger partial charge is 0.348 e. The summed E-state index contributed by atoms with van der Waals surface area (Å²) < 4.78 is 15.6. The zero-order valence-corrected chi connectivity index (χ0v) is 15.9. The van der Waals surface area contributed by atoms with Crippen molar-refractivity contribution in [3.8, 4) is 0 Å². The van der Waals surface area contributed by atoms with Gasteiger partial charge in [-0.05, 0) is 23.8 Å². The van der Waals surface area contributed by atoms with E-state index in [1.807, 2.05) is 31.2 Å². The SMILES string of the molecule is C=C[C@@](C)(c1ccccc1F)[C@@H](C(=O)N(C)C)c1nc2ccccc2s1. The summed E-state index contributed by atoms with van der Waals surface area (Å²) in [6.07, 6.45) is 1.66. The molecule has 0 aliphatic rings. The van der Waals surface area contributed by atoms with Gasteiger partial charge in [0.2, 0.25) is 5.91 Å². The van der Waals surface area contributed by atoms with E-state index in [0.717, 1.165) is 10.2 Å². The molecule has 2 atom stereocenters. The Labute approximate surface area is 156 Å². The van der Waals surface area contributed by atoms with E-state index >= 15 is 0 Å². The number of amides is 1. The number of carbonyl (C=O) groups is 1. The van der Waals surface area contributed by atoms with Gasteiger partial charge in [0, 0.05) is 19.5 Å². The number of carbonyl (C=O) groups excluding carboxylic acids is 1. The summed E-state index contributed by atoms with van der Waals surface area (Å²) in [7, 11) is 3.40. The number of nitrogens with zero attached hydrogens (tertiary/aromatic N) is 2. The lowest BCUT2D eigenvalue weighted by atomic mass is 9.71. The zero-order chi connectivity index (χ0) is 18.9. The summed E-state index contributed by atoms with van der Waals surface area (Å²) in [6.45, 7) is 5.78. The van der Waals surface area contributed by atoms with E-state index in [4.69, 9.17) is 0 Å². The summed E-state index contributed by atoms with van der Waals surface area (Å²) in [5.74, 6) is -1.15. The summed E-state index contributed by atoms with van der Waals surface area (Å²) in [4.78, 5) is 19.3. The van der Waals surface area contributed by atoms with Crippen LogP contribution in [0.5, 0.6) is 0 Å². The molecule has 0 saturated heterocycles. The highest BCUT2D eigenvalue weighted by Gasteiger charge is 2.43. The highest BCUT2D eigenvalue weighted by Crippen LogP contribution is 2.44. The maximum atomic E-state index is 14.6. The van der Waals surface area contributed by atoms with Gasteiger partial charge in [0.05, 0.1) is 10.2 Å². The average molecular weight is 368 g/mol. The molecule has 3 aromatic rings. The lowest BCUT2D eigenvalue weighted by Gasteiger charge is -2.35. The lowest BCUT2D eigenvalue weighted by Crippen LogP contribution is -2.40. The Morgan fingerprint density at radius 1 is 1.23 bits per heavy atom. The first-order valence-corrected chi connectivity index (χ1v) is 9.15. The van der Waals surface area contributed by atoms with Crippen molar-refractivity contribution < 1.29 is 9.18 Å². The van der Waals surface area contributed by atoms with Gasteiger partial charge in [-0.2, -0.15) is 0 Å². The predicted molar refractivity (Wildman–Crippen MR) is 105 cm³/mol. The third-order valence-corrected chi connectivity index (χ3v) is 5.82.